The number of hydrogen-bond donors (Lipinski definition) is 3. The molecule has 0 heterocycles. The van der Waals surface area contributed by atoms with Crippen molar-refractivity contribution in [2.45, 2.75) is 6.92 Å². The molecule has 0 spiro atoms. The molecule has 0 aromatic heterocycles. The van der Waals surface area contributed by atoms with Crippen molar-refractivity contribution in [1.29, 1.82) is 0 Å². The van der Waals surface area contributed by atoms with E-state index in [4.69, 9.17) is 34.1 Å². The zero-order valence-corrected chi connectivity index (χ0v) is 11.7. The number of rotatable bonds is 4. The van der Waals surface area contributed by atoms with E-state index in [0.717, 1.165) is 0 Å². The Hall–Kier alpha value is -1.66. The van der Waals surface area contributed by atoms with Crippen LogP contribution in [0.3, 0.4) is 0 Å². The van der Waals surface area contributed by atoms with E-state index >= 15 is 0 Å². The summed E-state index contributed by atoms with van der Waals surface area (Å²) in [6.07, 6.45) is 0. The molecule has 0 aliphatic carbocycles. The van der Waals surface area contributed by atoms with Crippen LogP contribution in [0, 0.1) is 0 Å². The van der Waals surface area contributed by atoms with Crippen LogP contribution in [-0.4, -0.2) is 35.1 Å². The molecule has 0 radical (unpaired) electrons. The van der Waals surface area contributed by atoms with Crippen molar-refractivity contribution in [3.63, 3.8) is 0 Å². The molecule has 0 saturated carbocycles. The molecule has 1 aromatic carbocycles. The fourth-order valence-electron chi connectivity index (χ4n) is 1.33. The van der Waals surface area contributed by atoms with Gasteiger partial charge in [-0.15, -0.1) is 0 Å². The second-order valence-corrected chi connectivity index (χ2v) is 4.48. The van der Waals surface area contributed by atoms with Gasteiger partial charge in [-0.25, -0.2) is 4.79 Å². The third-order valence-corrected chi connectivity index (χ3v) is 3.06. The Morgan fingerprint density at radius 3 is 2.68 bits per heavy atom. The van der Waals surface area contributed by atoms with Crippen molar-refractivity contribution in [2.24, 2.45) is 10.9 Å². The summed E-state index contributed by atoms with van der Waals surface area (Å²) in [6.45, 7) is 2.21. The number of nitrogens with zero attached hydrogens (tertiary/aromatic N) is 2. The highest BCUT2D eigenvalue weighted by atomic mass is 35.5. The SMILES string of the molecule is CCN(CC(N)=NO)C(=O)Nc1ccc(Cl)c(Cl)c1. The summed E-state index contributed by atoms with van der Waals surface area (Å²) in [5.74, 6) is -0.0499. The van der Waals surface area contributed by atoms with Crippen LogP contribution in [0.2, 0.25) is 10.0 Å². The number of nitrogens with two attached hydrogens (primary N) is 1. The van der Waals surface area contributed by atoms with Gasteiger partial charge in [-0.3, -0.25) is 0 Å². The highest BCUT2D eigenvalue weighted by Crippen LogP contribution is 2.25. The maximum absolute atomic E-state index is 11.9. The molecule has 0 saturated heterocycles. The molecule has 0 fully saturated rings. The highest BCUT2D eigenvalue weighted by molar-refractivity contribution is 6.42. The van der Waals surface area contributed by atoms with E-state index in [1.54, 1.807) is 25.1 Å². The number of oxime groups is 1. The van der Waals surface area contributed by atoms with Crippen molar-refractivity contribution < 1.29 is 10.0 Å². The van der Waals surface area contributed by atoms with Crippen LogP contribution in [0.15, 0.2) is 23.4 Å². The van der Waals surface area contributed by atoms with Gasteiger partial charge in [0.1, 0.15) is 0 Å². The quantitative estimate of drug-likeness (QED) is 0.345. The number of carbonyl (C=O) groups excluding carboxylic acids is 1. The Morgan fingerprint density at radius 1 is 1.47 bits per heavy atom. The van der Waals surface area contributed by atoms with Gasteiger partial charge in [0.25, 0.3) is 0 Å². The van der Waals surface area contributed by atoms with Crippen LogP contribution >= 0.6 is 23.2 Å². The minimum absolute atomic E-state index is 0.0279. The Morgan fingerprint density at radius 2 is 2.16 bits per heavy atom. The molecule has 2 amide bonds. The number of hydrogen-bond acceptors (Lipinski definition) is 3. The lowest BCUT2D eigenvalue weighted by molar-refractivity contribution is 0.220. The summed E-state index contributed by atoms with van der Waals surface area (Å²) in [5.41, 5.74) is 5.88. The summed E-state index contributed by atoms with van der Waals surface area (Å²) in [6, 6.07) is 4.37. The van der Waals surface area contributed by atoms with Gasteiger partial charge in [-0.05, 0) is 25.1 Å². The van der Waals surface area contributed by atoms with Gasteiger partial charge in [0.2, 0.25) is 0 Å². The molecule has 0 aliphatic heterocycles. The van der Waals surface area contributed by atoms with Gasteiger partial charge in [0.05, 0.1) is 16.6 Å². The van der Waals surface area contributed by atoms with Crippen LogP contribution in [0.1, 0.15) is 6.92 Å². The van der Waals surface area contributed by atoms with Gasteiger partial charge >= 0.3 is 6.03 Å². The smallest absolute Gasteiger partial charge is 0.322 e. The van der Waals surface area contributed by atoms with Gasteiger partial charge < -0.3 is 21.2 Å². The predicted octanol–water partition coefficient (Wildman–Crippen LogP) is 2.59. The molecule has 1 aromatic rings. The topological polar surface area (TPSA) is 90.9 Å². The molecule has 8 heteroatoms. The van der Waals surface area contributed by atoms with Gasteiger partial charge in [-0.1, -0.05) is 28.4 Å². The normalized spacial score (nSPS) is 11.2. The number of nitrogens with one attached hydrogen (secondary N) is 1. The molecule has 4 N–H and O–H groups in total. The summed E-state index contributed by atoms with van der Waals surface area (Å²) >= 11 is 11.6. The maximum atomic E-state index is 11.9. The van der Waals surface area contributed by atoms with E-state index in [1.165, 1.54) is 4.90 Å². The summed E-state index contributed by atoms with van der Waals surface area (Å²) in [4.78, 5) is 13.3. The van der Waals surface area contributed by atoms with Gasteiger partial charge in [-0.2, -0.15) is 0 Å². The van der Waals surface area contributed by atoms with Crippen LogP contribution < -0.4 is 11.1 Å². The molecule has 0 atom stereocenters. The van der Waals surface area contributed by atoms with E-state index in [0.29, 0.717) is 22.3 Å². The fourth-order valence-corrected chi connectivity index (χ4v) is 1.63. The van der Waals surface area contributed by atoms with E-state index in [2.05, 4.69) is 10.5 Å². The Kier molecular flexibility index (Phi) is 5.72. The average Bonchev–Trinajstić information content (AvgIpc) is 2.39. The maximum Gasteiger partial charge on any atom is 0.322 e. The van der Waals surface area contributed by atoms with Crippen LogP contribution in [0.25, 0.3) is 0 Å². The van der Waals surface area contributed by atoms with Crippen LogP contribution in [-0.2, 0) is 0 Å². The van der Waals surface area contributed by atoms with Crippen molar-refractivity contribution >= 4 is 40.8 Å². The molecule has 104 valence electrons. The van der Waals surface area contributed by atoms with Gasteiger partial charge in [0, 0.05) is 12.2 Å². The lowest BCUT2D eigenvalue weighted by Crippen LogP contribution is -2.40. The number of likely N-dealkylation sites (N-methyl/N-ethyl adjacent to an activating group) is 1. The lowest BCUT2D eigenvalue weighted by atomic mass is 10.3. The second-order valence-electron chi connectivity index (χ2n) is 3.66. The number of carbonyl (C=O) groups is 1. The molecule has 0 unspecified atom stereocenters. The first-order chi connectivity index (χ1) is 8.97. The molecule has 0 bridgehead atoms. The van der Waals surface area contributed by atoms with Crippen LogP contribution in [0.4, 0.5) is 10.5 Å². The third-order valence-electron chi connectivity index (χ3n) is 2.32. The zero-order valence-electron chi connectivity index (χ0n) is 10.2. The number of urea groups is 1. The fraction of sp³-hybridized carbons (Fsp3) is 0.273. The monoisotopic (exact) mass is 304 g/mol. The predicted molar refractivity (Wildman–Crippen MR) is 76.1 cm³/mol. The van der Waals surface area contributed by atoms with E-state index in [1.807, 2.05) is 0 Å². The lowest BCUT2D eigenvalue weighted by Gasteiger charge is -2.20. The number of amidine groups is 1. The van der Waals surface area contributed by atoms with Crippen molar-refractivity contribution in [3.8, 4) is 0 Å². The number of anilines is 1. The summed E-state index contributed by atoms with van der Waals surface area (Å²) in [7, 11) is 0. The highest BCUT2D eigenvalue weighted by Gasteiger charge is 2.13. The Balaban J connectivity index is 2.73. The van der Waals surface area contributed by atoms with E-state index in [9.17, 15) is 4.79 Å². The molecule has 1 rings (SSSR count). The first-order valence-corrected chi connectivity index (χ1v) is 6.21. The number of halogens is 2. The van der Waals surface area contributed by atoms with Crippen molar-refractivity contribution in [1.82, 2.24) is 4.90 Å². The minimum atomic E-state index is -0.382. The van der Waals surface area contributed by atoms with Gasteiger partial charge in [0.15, 0.2) is 5.84 Å². The first kappa shape index (κ1) is 15.4. The standard InChI is InChI=1S/C11H14Cl2N4O2/c1-2-17(6-10(14)16-19)11(18)15-7-3-4-8(12)9(13)5-7/h3-5,19H,2,6H2,1H3,(H2,14,16)(H,15,18). The molecule has 6 nitrogen and oxygen atoms in total. The van der Waals surface area contributed by atoms with Crippen LogP contribution in [0.5, 0.6) is 0 Å². The first-order valence-electron chi connectivity index (χ1n) is 5.45. The average molecular weight is 305 g/mol. The Labute approximate surface area is 120 Å². The second kappa shape index (κ2) is 7.06. The molecule has 0 aliphatic rings. The largest absolute Gasteiger partial charge is 0.409 e. The minimum Gasteiger partial charge on any atom is -0.409 e. The van der Waals surface area contributed by atoms with Crippen molar-refractivity contribution in [3.05, 3.63) is 28.2 Å². The third kappa shape index (κ3) is 4.50. The molecular weight excluding hydrogens is 291 g/mol. The summed E-state index contributed by atoms with van der Waals surface area (Å²) < 4.78 is 0. The molecule has 19 heavy (non-hydrogen) atoms. The number of amides is 2. The molecular formula is C11H14Cl2N4O2. The Bertz CT molecular complexity index is 494. The zero-order chi connectivity index (χ0) is 14.4. The summed E-state index contributed by atoms with van der Waals surface area (Å²) in [5, 5.41) is 14.7. The van der Waals surface area contributed by atoms with E-state index < -0.39 is 0 Å². The van der Waals surface area contributed by atoms with Crippen molar-refractivity contribution in [2.75, 3.05) is 18.4 Å². The van der Waals surface area contributed by atoms with E-state index in [-0.39, 0.29) is 18.4 Å². The number of benzene rings is 1.